The van der Waals surface area contributed by atoms with E-state index in [9.17, 15) is 0 Å². The Morgan fingerprint density at radius 3 is 1.00 bits per heavy atom. The molecule has 8 heteroatoms. The molecule has 0 spiro atoms. The van der Waals surface area contributed by atoms with Gasteiger partial charge in [0.2, 0.25) is 0 Å². The van der Waals surface area contributed by atoms with Crippen molar-refractivity contribution in [2.24, 2.45) is 0 Å². The smallest absolute Gasteiger partial charge is 1.00 e. The summed E-state index contributed by atoms with van der Waals surface area (Å²) in [6.45, 7) is 0. The Bertz CT molecular complexity index is 42.8. The quantitative estimate of drug-likeness (QED) is 0.378. The third-order valence-corrected chi connectivity index (χ3v) is 0. The summed E-state index contributed by atoms with van der Waals surface area (Å²) in [6, 6.07) is 0. The number of carbonyl (C=O) groups excluding carboxylic acids is 1. The van der Waals surface area contributed by atoms with Crippen molar-refractivity contribution in [3.05, 3.63) is 0 Å². The van der Waals surface area contributed by atoms with Gasteiger partial charge in [0.05, 0.1) is 0 Å². The van der Waals surface area contributed by atoms with Crippen LogP contribution in [0.4, 0.5) is 4.79 Å². The molecule has 9 heavy (non-hydrogen) atoms. The van der Waals surface area contributed by atoms with Gasteiger partial charge >= 0.3 is 96.9 Å². The SMILES string of the molecule is O=C([O-])[O-].[Ca+2].[Cl-].[Cl-].[Na+].[Na+]. The molecule has 0 aliphatic heterocycles. The predicted molar refractivity (Wildman–Crippen MR) is 11.1 cm³/mol. The Morgan fingerprint density at radius 2 is 1.00 bits per heavy atom. The molecule has 0 N–H and O–H groups in total. The normalized spacial score (nSPS) is 2.67. The Balaban J connectivity index is -0.00000000450. The first-order chi connectivity index (χ1) is 1.73. The molecule has 0 amide bonds. The van der Waals surface area contributed by atoms with Crippen LogP contribution in [0.2, 0.25) is 0 Å². The van der Waals surface area contributed by atoms with Crippen LogP contribution < -0.4 is 94.1 Å². The molecular weight excluding hydrogens is 217 g/mol. The number of hydrogen-bond donors (Lipinski definition) is 0. The number of hydrogen-bond acceptors (Lipinski definition) is 3. The molecule has 0 aliphatic carbocycles. The zero-order valence-corrected chi connectivity index (χ0v) is 12.9. The fourth-order valence-electron chi connectivity index (χ4n) is 0. The zero-order chi connectivity index (χ0) is 3.58. The van der Waals surface area contributed by atoms with Crippen LogP contribution in [0.3, 0.4) is 0 Å². The van der Waals surface area contributed by atoms with Gasteiger partial charge in [0.25, 0.3) is 0 Å². The van der Waals surface area contributed by atoms with Crippen molar-refractivity contribution < 1.29 is 98.9 Å². The molecule has 0 bridgehead atoms. The predicted octanol–water partition coefficient (Wildman–Crippen LogP) is -14.8. The van der Waals surface area contributed by atoms with E-state index in [4.69, 9.17) is 15.0 Å². The van der Waals surface area contributed by atoms with E-state index in [1.807, 2.05) is 0 Å². The van der Waals surface area contributed by atoms with E-state index in [2.05, 4.69) is 0 Å². The number of rotatable bonds is 0. The molecule has 0 unspecified atom stereocenters. The maximum absolute atomic E-state index is 8.33. The van der Waals surface area contributed by atoms with Crippen molar-refractivity contribution in [1.82, 2.24) is 0 Å². The molecule has 0 fully saturated rings. The zero-order valence-electron chi connectivity index (χ0n) is 5.19. The van der Waals surface area contributed by atoms with E-state index in [-0.39, 0.29) is 122 Å². The Hall–Kier alpha value is 3.11. The second-order valence-electron chi connectivity index (χ2n) is 0.250. The third kappa shape index (κ3) is 95.3. The van der Waals surface area contributed by atoms with E-state index in [0.717, 1.165) is 0 Å². The van der Waals surface area contributed by atoms with Crippen LogP contribution in [-0.4, -0.2) is 43.9 Å². The summed E-state index contributed by atoms with van der Waals surface area (Å²) in [5.74, 6) is 0. The number of halogens is 2. The summed E-state index contributed by atoms with van der Waals surface area (Å²) in [7, 11) is 0. The second kappa shape index (κ2) is 30.4. The van der Waals surface area contributed by atoms with Crippen LogP contribution in [0.1, 0.15) is 0 Å². The fraction of sp³-hybridized carbons (Fsp3) is 0. The first kappa shape index (κ1) is 40.0. The van der Waals surface area contributed by atoms with Gasteiger partial charge in [-0.1, -0.05) is 0 Å². The Morgan fingerprint density at radius 1 is 1.00 bits per heavy atom. The van der Waals surface area contributed by atoms with E-state index in [1.54, 1.807) is 0 Å². The molecule has 3 nitrogen and oxygen atoms in total. The molecule has 0 saturated carbocycles. The minimum Gasteiger partial charge on any atom is -1.00 e. The van der Waals surface area contributed by atoms with Gasteiger partial charge in [0.1, 0.15) is 0 Å². The molecule has 0 aromatic heterocycles. The average molecular weight is 217 g/mol. The van der Waals surface area contributed by atoms with Gasteiger partial charge in [-0.3, -0.25) is 0 Å². The van der Waals surface area contributed by atoms with Crippen molar-refractivity contribution in [2.75, 3.05) is 0 Å². The molecule has 0 atom stereocenters. The van der Waals surface area contributed by atoms with Crippen molar-refractivity contribution in [3.63, 3.8) is 0 Å². The molecule has 0 aromatic rings. The molecular formula is CCaCl2Na2O3. The summed E-state index contributed by atoms with van der Waals surface area (Å²) in [6.07, 6.45) is -2.33. The van der Waals surface area contributed by atoms with Crippen molar-refractivity contribution in [2.45, 2.75) is 0 Å². The largest absolute Gasteiger partial charge is 2.00 e. The van der Waals surface area contributed by atoms with Crippen LogP contribution in [0, 0.1) is 0 Å². The standard InChI is InChI=1S/CH2O3.Ca.2ClH.2Na/c2-1(3)4;;;;;/h(H2,2,3,4);;2*1H;;/q;+2;;;2*+1/p-4. The minimum absolute atomic E-state index is 0. The van der Waals surface area contributed by atoms with E-state index in [0.29, 0.717) is 0 Å². The number of carbonyl (C=O) groups is 1. The van der Waals surface area contributed by atoms with Gasteiger partial charge in [-0.05, 0) is 6.16 Å². The molecule has 0 radical (unpaired) electrons. The summed E-state index contributed by atoms with van der Waals surface area (Å²) < 4.78 is 0. The van der Waals surface area contributed by atoms with Crippen LogP contribution in [0.15, 0.2) is 0 Å². The van der Waals surface area contributed by atoms with Crippen LogP contribution in [0.5, 0.6) is 0 Å². The van der Waals surface area contributed by atoms with Gasteiger partial charge in [0.15, 0.2) is 0 Å². The third-order valence-electron chi connectivity index (χ3n) is 0. The monoisotopic (exact) mass is 216 g/mol. The van der Waals surface area contributed by atoms with Gasteiger partial charge in [-0.2, -0.15) is 0 Å². The van der Waals surface area contributed by atoms with Crippen molar-refractivity contribution >= 4 is 43.9 Å². The van der Waals surface area contributed by atoms with E-state index >= 15 is 0 Å². The summed E-state index contributed by atoms with van der Waals surface area (Å²) in [5, 5.41) is 16.7. The van der Waals surface area contributed by atoms with Crippen LogP contribution >= 0.6 is 0 Å². The van der Waals surface area contributed by atoms with Gasteiger partial charge in [0, 0.05) is 0 Å². The molecule has 0 aliphatic rings. The molecule has 0 aromatic carbocycles. The first-order valence-electron chi connectivity index (χ1n) is 0.612. The topological polar surface area (TPSA) is 63.2 Å². The molecule has 0 heterocycles. The fourth-order valence-corrected chi connectivity index (χ4v) is 0. The average Bonchev–Trinajstić information content (AvgIpc) is 0.811. The first-order valence-corrected chi connectivity index (χ1v) is 0.612. The molecule has 0 saturated heterocycles. The van der Waals surface area contributed by atoms with Crippen LogP contribution in [0.25, 0.3) is 0 Å². The van der Waals surface area contributed by atoms with Crippen molar-refractivity contribution in [1.29, 1.82) is 0 Å². The van der Waals surface area contributed by atoms with Gasteiger partial charge in [-0.15, -0.1) is 0 Å². The van der Waals surface area contributed by atoms with Crippen LogP contribution in [-0.2, 0) is 0 Å². The second-order valence-corrected chi connectivity index (χ2v) is 0.250. The minimum atomic E-state index is -2.33. The van der Waals surface area contributed by atoms with Crippen molar-refractivity contribution in [3.8, 4) is 0 Å². The summed E-state index contributed by atoms with van der Waals surface area (Å²) >= 11 is 0. The molecule has 0 rings (SSSR count). The maximum Gasteiger partial charge on any atom is 2.00 e. The number of carboxylic acid groups (broad SMARTS) is 2. The van der Waals surface area contributed by atoms with E-state index < -0.39 is 6.16 Å². The van der Waals surface area contributed by atoms with Gasteiger partial charge in [-0.25, -0.2) is 0 Å². The maximum atomic E-state index is 8.33. The van der Waals surface area contributed by atoms with E-state index in [1.165, 1.54) is 0 Å². The molecule has 40 valence electrons. The Labute approximate surface area is 140 Å². The van der Waals surface area contributed by atoms with Gasteiger partial charge < -0.3 is 39.8 Å². The summed E-state index contributed by atoms with van der Waals surface area (Å²) in [5.41, 5.74) is 0. The Kier molecular flexibility index (Phi) is 135. The summed E-state index contributed by atoms with van der Waals surface area (Å²) in [4.78, 5) is 8.33.